The number of hydrogen-bond donors (Lipinski definition) is 2. The first-order valence-electron chi connectivity index (χ1n) is 7.89. The molecule has 130 valence electrons. The predicted octanol–water partition coefficient (Wildman–Crippen LogP) is 3.02. The fraction of sp³-hybridized carbons (Fsp3) is 0.389. The molecule has 1 amide bonds. The summed E-state index contributed by atoms with van der Waals surface area (Å²) >= 11 is 1.57. The van der Waals surface area contributed by atoms with E-state index in [1.807, 2.05) is 30.7 Å². The van der Waals surface area contributed by atoms with E-state index >= 15 is 0 Å². The number of hydrogen-bond acceptors (Lipinski definition) is 5. The summed E-state index contributed by atoms with van der Waals surface area (Å²) in [5, 5.41) is 15.7. The number of carbonyl (C=O) groups is 1. The van der Waals surface area contributed by atoms with E-state index in [2.05, 4.69) is 5.32 Å². The molecule has 24 heavy (non-hydrogen) atoms. The van der Waals surface area contributed by atoms with Gasteiger partial charge in [-0.3, -0.25) is 4.79 Å². The summed E-state index contributed by atoms with van der Waals surface area (Å²) in [4.78, 5) is 12.3. The van der Waals surface area contributed by atoms with Gasteiger partial charge in [-0.05, 0) is 60.5 Å². The molecule has 1 aromatic heterocycles. The zero-order valence-electron chi connectivity index (χ0n) is 13.9. The van der Waals surface area contributed by atoms with Crippen molar-refractivity contribution in [3.63, 3.8) is 0 Å². The van der Waals surface area contributed by atoms with Crippen LogP contribution in [0.15, 0.2) is 41.1 Å². The Morgan fingerprint density at radius 1 is 1.25 bits per heavy atom. The molecule has 5 nitrogen and oxygen atoms in total. The van der Waals surface area contributed by atoms with E-state index in [4.69, 9.17) is 14.6 Å². The van der Waals surface area contributed by atoms with Crippen molar-refractivity contribution in [3.05, 3.63) is 52.2 Å². The Kier molecular flexibility index (Phi) is 7.24. The Morgan fingerprint density at radius 2 is 2.00 bits per heavy atom. The maximum atomic E-state index is 12.3. The first-order chi connectivity index (χ1) is 11.6. The van der Waals surface area contributed by atoms with E-state index in [-0.39, 0.29) is 31.3 Å². The number of aliphatic hydroxyl groups is 1. The number of rotatable bonds is 9. The van der Waals surface area contributed by atoms with Crippen molar-refractivity contribution in [3.8, 4) is 5.75 Å². The normalized spacial score (nSPS) is 12.2. The molecule has 1 aromatic carbocycles. The number of ether oxygens (including phenoxy) is 2. The fourth-order valence-corrected chi connectivity index (χ4v) is 2.87. The van der Waals surface area contributed by atoms with Crippen LogP contribution in [-0.4, -0.2) is 36.9 Å². The van der Waals surface area contributed by atoms with Crippen molar-refractivity contribution >= 4 is 17.2 Å². The van der Waals surface area contributed by atoms with Gasteiger partial charge < -0.3 is 19.9 Å². The minimum atomic E-state index is -0.268. The highest BCUT2D eigenvalue weighted by Gasteiger charge is 2.15. The molecule has 6 heteroatoms. The van der Waals surface area contributed by atoms with Crippen molar-refractivity contribution in [2.45, 2.75) is 26.1 Å². The van der Waals surface area contributed by atoms with Crippen molar-refractivity contribution in [2.24, 2.45) is 0 Å². The lowest BCUT2D eigenvalue weighted by Gasteiger charge is -2.17. The van der Waals surface area contributed by atoms with Gasteiger partial charge in [0.1, 0.15) is 11.9 Å². The molecule has 2 N–H and O–H groups in total. The van der Waals surface area contributed by atoms with Gasteiger partial charge in [-0.25, -0.2) is 0 Å². The largest absolute Gasteiger partial charge is 0.491 e. The lowest BCUT2D eigenvalue weighted by molar-refractivity contribution is 0.0279. The lowest BCUT2D eigenvalue weighted by Crippen LogP contribution is -2.29. The number of aliphatic hydroxyl groups excluding tert-OH is 1. The quantitative estimate of drug-likeness (QED) is 0.730. The second kappa shape index (κ2) is 9.42. The van der Waals surface area contributed by atoms with Gasteiger partial charge in [0.2, 0.25) is 0 Å². The molecule has 0 fully saturated rings. The molecular formula is C18H23NO4S. The van der Waals surface area contributed by atoms with E-state index < -0.39 is 0 Å². The summed E-state index contributed by atoms with van der Waals surface area (Å²) in [5.41, 5.74) is 1.56. The molecular weight excluding hydrogens is 326 g/mol. The highest BCUT2D eigenvalue weighted by Crippen LogP contribution is 2.20. The third-order valence-electron chi connectivity index (χ3n) is 3.26. The number of benzene rings is 1. The highest BCUT2D eigenvalue weighted by atomic mass is 32.1. The smallest absolute Gasteiger partial charge is 0.251 e. The van der Waals surface area contributed by atoms with E-state index in [9.17, 15) is 4.79 Å². The summed E-state index contributed by atoms with van der Waals surface area (Å²) in [6, 6.07) is 9.00. The molecule has 1 heterocycles. The van der Waals surface area contributed by atoms with Gasteiger partial charge in [0, 0.05) is 12.1 Å². The summed E-state index contributed by atoms with van der Waals surface area (Å²) < 4.78 is 11.2. The number of carbonyl (C=O) groups excluding carboxylic acids is 1. The van der Waals surface area contributed by atoms with Crippen LogP contribution in [-0.2, 0) is 4.74 Å². The van der Waals surface area contributed by atoms with E-state index in [0.29, 0.717) is 12.1 Å². The van der Waals surface area contributed by atoms with Crippen LogP contribution in [0.1, 0.15) is 35.9 Å². The Balaban J connectivity index is 1.92. The maximum Gasteiger partial charge on any atom is 0.251 e. The molecule has 0 saturated heterocycles. The molecule has 0 saturated carbocycles. The molecule has 0 aliphatic rings. The summed E-state index contributed by atoms with van der Waals surface area (Å²) in [5.74, 6) is 0.572. The second-order valence-corrected chi connectivity index (χ2v) is 6.32. The molecule has 1 atom stereocenters. The van der Waals surface area contributed by atoms with Gasteiger partial charge in [-0.15, -0.1) is 0 Å². The van der Waals surface area contributed by atoms with E-state index in [1.165, 1.54) is 0 Å². The molecule has 2 rings (SSSR count). The minimum absolute atomic E-state index is 0.0497. The SMILES string of the molecule is CC(C)Oc1ccc(C(=O)NC[C@@H](OCCO)c2ccsc2)cc1. The van der Waals surface area contributed by atoms with E-state index in [1.54, 1.807) is 35.6 Å². The van der Waals surface area contributed by atoms with Gasteiger partial charge in [-0.2, -0.15) is 11.3 Å². The van der Waals surface area contributed by atoms with Crippen LogP contribution < -0.4 is 10.1 Å². The average molecular weight is 349 g/mol. The first kappa shape index (κ1) is 18.4. The summed E-state index contributed by atoms with van der Waals surface area (Å²) in [6.45, 7) is 4.44. The molecule has 0 aliphatic carbocycles. The zero-order chi connectivity index (χ0) is 17.4. The monoisotopic (exact) mass is 349 g/mol. The zero-order valence-corrected chi connectivity index (χ0v) is 14.7. The van der Waals surface area contributed by atoms with Crippen LogP contribution in [0.25, 0.3) is 0 Å². The number of thiophene rings is 1. The number of nitrogens with one attached hydrogen (secondary N) is 1. The minimum Gasteiger partial charge on any atom is -0.491 e. The molecule has 2 aromatic rings. The second-order valence-electron chi connectivity index (χ2n) is 5.54. The lowest BCUT2D eigenvalue weighted by atomic mass is 10.1. The third kappa shape index (κ3) is 5.63. The van der Waals surface area contributed by atoms with Gasteiger partial charge >= 0.3 is 0 Å². The first-order valence-corrected chi connectivity index (χ1v) is 8.84. The summed E-state index contributed by atoms with van der Waals surface area (Å²) in [6.07, 6.45) is -0.171. The van der Waals surface area contributed by atoms with Gasteiger partial charge in [0.05, 0.1) is 19.3 Å². The average Bonchev–Trinajstić information content (AvgIpc) is 3.09. The van der Waals surface area contributed by atoms with Gasteiger partial charge in [-0.1, -0.05) is 0 Å². The number of amides is 1. The van der Waals surface area contributed by atoms with Crippen molar-refractivity contribution in [1.29, 1.82) is 0 Å². The standard InChI is InChI=1S/C18H23NO4S/c1-13(2)23-16-5-3-14(4-6-16)18(21)19-11-17(22-9-8-20)15-7-10-24-12-15/h3-7,10,12-13,17,20H,8-9,11H2,1-2H3,(H,19,21)/t17-/m1/s1. The molecule has 0 aliphatic heterocycles. The fourth-order valence-electron chi connectivity index (χ4n) is 2.17. The van der Waals surface area contributed by atoms with Gasteiger partial charge in [0.15, 0.2) is 0 Å². The third-order valence-corrected chi connectivity index (χ3v) is 3.96. The highest BCUT2D eigenvalue weighted by molar-refractivity contribution is 7.07. The van der Waals surface area contributed by atoms with Crippen molar-refractivity contribution < 1.29 is 19.4 Å². The Morgan fingerprint density at radius 3 is 2.58 bits per heavy atom. The van der Waals surface area contributed by atoms with Crippen LogP contribution in [0.5, 0.6) is 5.75 Å². The van der Waals surface area contributed by atoms with Crippen LogP contribution in [0, 0.1) is 0 Å². The van der Waals surface area contributed by atoms with Crippen LogP contribution in [0.3, 0.4) is 0 Å². The van der Waals surface area contributed by atoms with E-state index in [0.717, 1.165) is 11.3 Å². The Labute approximate surface area is 146 Å². The van der Waals surface area contributed by atoms with Crippen molar-refractivity contribution in [2.75, 3.05) is 19.8 Å². The Bertz CT molecular complexity index is 610. The van der Waals surface area contributed by atoms with Crippen molar-refractivity contribution in [1.82, 2.24) is 5.32 Å². The molecule has 0 spiro atoms. The van der Waals surface area contributed by atoms with Crippen LogP contribution in [0.4, 0.5) is 0 Å². The summed E-state index contributed by atoms with van der Waals surface area (Å²) in [7, 11) is 0. The maximum absolute atomic E-state index is 12.3. The van der Waals surface area contributed by atoms with Crippen LogP contribution in [0.2, 0.25) is 0 Å². The molecule has 0 radical (unpaired) electrons. The molecule has 0 unspecified atom stereocenters. The molecule has 0 bridgehead atoms. The topological polar surface area (TPSA) is 67.8 Å². The predicted molar refractivity (Wildman–Crippen MR) is 94.6 cm³/mol. The van der Waals surface area contributed by atoms with Crippen LogP contribution >= 0.6 is 11.3 Å². The Hall–Kier alpha value is -1.89. The van der Waals surface area contributed by atoms with Gasteiger partial charge in [0.25, 0.3) is 5.91 Å².